The zero-order chi connectivity index (χ0) is 39.6. The van der Waals surface area contributed by atoms with Crippen LogP contribution in [0.25, 0.3) is 0 Å². The number of hydrogen-bond donors (Lipinski definition) is 0. The second-order valence-corrected chi connectivity index (χ2v) is 15.8. The minimum atomic E-state index is -0.912. The van der Waals surface area contributed by atoms with E-state index < -0.39 is 15.8 Å². The molecule has 282 valence electrons. The van der Waals surface area contributed by atoms with Gasteiger partial charge in [-0.05, 0) is 74.5 Å². The van der Waals surface area contributed by atoms with Gasteiger partial charge in [0.05, 0.1) is 22.0 Å². The molecule has 0 radical (unpaired) electrons. The van der Waals surface area contributed by atoms with Crippen molar-refractivity contribution in [1.29, 1.82) is 0 Å². The van der Waals surface area contributed by atoms with Gasteiger partial charge < -0.3 is 10.2 Å². The Bertz CT molecular complexity index is 1490. The van der Waals surface area contributed by atoms with Gasteiger partial charge in [-0.25, -0.2) is 0 Å². The molecule has 4 nitrogen and oxygen atoms in total. The molecular formula is C42H46Cl4O4P2Ru+2. The summed E-state index contributed by atoms with van der Waals surface area (Å²) in [5, 5.41) is 25.8. The van der Waals surface area contributed by atoms with Crippen LogP contribution in [-0.2, 0) is 29.1 Å². The number of hydrogen-bond acceptors (Lipinski definition) is 4. The Kier molecular flexibility index (Phi) is 38.4. The van der Waals surface area contributed by atoms with Gasteiger partial charge in [-0.2, -0.15) is 0 Å². The average molecular weight is 920 g/mol. The van der Waals surface area contributed by atoms with Crippen LogP contribution in [0.4, 0.5) is 0 Å². The first kappa shape index (κ1) is 54.4. The van der Waals surface area contributed by atoms with Crippen molar-refractivity contribution in [3.05, 3.63) is 145 Å². The minimum absolute atomic E-state index is 0. The van der Waals surface area contributed by atoms with Crippen LogP contribution < -0.4 is 31.4 Å². The number of carbonyl (C=O) groups excluding carboxylic acids is 2. The molecule has 0 aliphatic carbocycles. The van der Waals surface area contributed by atoms with E-state index in [9.17, 15) is 19.8 Å². The van der Waals surface area contributed by atoms with Gasteiger partial charge in [0.15, 0.2) is 11.6 Å². The molecule has 0 amide bonds. The van der Waals surface area contributed by atoms with Crippen LogP contribution >= 0.6 is 62.2 Å². The quantitative estimate of drug-likeness (QED) is 0.0489. The summed E-state index contributed by atoms with van der Waals surface area (Å²) >= 11 is 19.1. The molecular weight excluding hydrogens is 873 g/mol. The number of alkyl halides is 4. The van der Waals surface area contributed by atoms with Crippen molar-refractivity contribution in [3.8, 4) is 23.2 Å². The fraction of sp³-hybridized carbons (Fsp3) is 0.190. The molecule has 0 atom stereocenters. The average Bonchev–Trinajstić information content (AvgIpc) is 3.11. The molecule has 0 bridgehead atoms. The Hall–Kier alpha value is -2.94. The van der Waals surface area contributed by atoms with Crippen molar-refractivity contribution in [3.63, 3.8) is 0 Å². The van der Waals surface area contributed by atoms with E-state index in [1.54, 1.807) is 0 Å². The van der Waals surface area contributed by atoms with E-state index in [4.69, 9.17) is 46.4 Å². The van der Waals surface area contributed by atoms with Crippen molar-refractivity contribution in [2.45, 2.75) is 41.5 Å². The summed E-state index contributed by atoms with van der Waals surface area (Å²) in [6.45, 7) is 9.22. The molecule has 0 aliphatic heterocycles. The molecule has 0 saturated heterocycles. The Labute approximate surface area is 352 Å². The molecule has 0 aliphatic rings. The van der Waals surface area contributed by atoms with Gasteiger partial charge in [-0.1, -0.05) is 98.5 Å². The third kappa shape index (κ3) is 31.2. The summed E-state index contributed by atoms with van der Waals surface area (Å²) in [7, 11) is -1.82. The summed E-state index contributed by atoms with van der Waals surface area (Å²) in [6, 6.07) is 42.2. The van der Waals surface area contributed by atoms with Crippen LogP contribution in [0.5, 0.6) is 0 Å². The third-order valence-corrected chi connectivity index (χ3v) is 10.2. The second kappa shape index (κ2) is 37.4. The van der Waals surface area contributed by atoms with Crippen LogP contribution in [0.3, 0.4) is 0 Å². The van der Waals surface area contributed by atoms with Crippen LogP contribution in [0.15, 0.2) is 145 Å². The summed E-state index contributed by atoms with van der Waals surface area (Å²) in [5.74, 6) is 5.37. The first-order valence-corrected chi connectivity index (χ1v) is 20.8. The number of ketones is 2. The van der Waals surface area contributed by atoms with Gasteiger partial charge in [0.1, 0.15) is 37.1 Å². The Morgan fingerprint density at radius 3 is 0.811 bits per heavy atom. The molecule has 0 fully saturated rings. The zero-order valence-electron chi connectivity index (χ0n) is 30.6. The van der Waals surface area contributed by atoms with Gasteiger partial charge in [0.25, 0.3) is 0 Å². The van der Waals surface area contributed by atoms with E-state index >= 15 is 0 Å². The molecule has 11 heteroatoms. The SMILES string of the molecule is CC#C[PH+](c1ccccc1)c1ccccc1.CC#C[PH+](c1ccccc1)c1ccccc1.CC(=O)/C=C(/C)[O-].CC(=O)/C=C(/C)[O-].ClCCl.ClCCl.[Ru+2]. The molecule has 0 aromatic heterocycles. The maximum Gasteiger partial charge on any atom is 2.00 e. The fourth-order valence-corrected chi connectivity index (χ4v) is 7.71. The van der Waals surface area contributed by atoms with Crippen molar-refractivity contribution in [2.75, 3.05) is 10.7 Å². The van der Waals surface area contributed by atoms with E-state index in [0.29, 0.717) is 0 Å². The molecule has 0 N–H and O–H groups in total. The molecule has 0 unspecified atom stereocenters. The Balaban J connectivity index is -0.000000630. The van der Waals surface area contributed by atoms with Gasteiger partial charge >= 0.3 is 19.5 Å². The van der Waals surface area contributed by atoms with Gasteiger partial charge in [-0.15, -0.1) is 57.9 Å². The monoisotopic (exact) mass is 918 g/mol. The number of halogens is 4. The molecule has 53 heavy (non-hydrogen) atoms. The third-order valence-electron chi connectivity index (χ3n) is 5.56. The van der Waals surface area contributed by atoms with Crippen LogP contribution in [-0.4, -0.2) is 22.2 Å². The fourth-order valence-electron chi connectivity index (χ4n) is 3.86. The number of rotatable bonds is 6. The topological polar surface area (TPSA) is 80.3 Å². The summed E-state index contributed by atoms with van der Waals surface area (Å²) < 4.78 is 0. The first-order chi connectivity index (χ1) is 24.9. The van der Waals surface area contributed by atoms with E-state index in [-0.39, 0.29) is 53.2 Å². The van der Waals surface area contributed by atoms with E-state index in [1.165, 1.54) is 48.9 Å². The predicted octanol–water partition coefficient (Wildman–Crippen LogP) is 8.18. The molecule has 0 saturated carbocycles. The second-order valence-electron chi connectivity index (χ2n) is 9.90. The van der Waals surface area contributed by atoms with Gasteiger partial charge in [-0.3, -0.25) is 9.59 Å². The maximum atomic E-state index is 9.98. The molecule has 4 aromatic carbocycles. The van der Waals surface area contributed by atoms with Crippen molar-refractivity contribution >= 4 is 95.0 Å². The summed E-state index contributed by atoms with van der Waals surface area (Å²) in [4.78, 5) is 20.0. The maximum absolute atomic E-state index is 9.98. The standard InChI is InChI=1S/2C15H13P.2C5H8O2.2CH2Cl2.Ru/c2*1-2-13-16(14-9-5-3-6-10-14)15-11-7-4-8-12-15;2*1-4(6)3-5(2)7;2*2-1-3;/h2*3-12H,1H3;2*3,6H,1-2H3;2*1H2;/q;;;;;;+2/b;;2*4-3-;;;. The largest absolute Gasteiger partial charge is 2.00 e. The van der Waals surface area contributed by atoms with E-state index in [0.717, 1.165) is 12.2 Å². The normalized spacial score (nSPS) is 9.51. The number of benzene rings is 4. The molecule has 4 rings (SSSR count). The van der Waals surface area contributed by atoms with Crippen molar-refractivity contribution < 1.29 is 39.3 Å². The van der Waals surface area contributed by atoms with Crippen LogP contribution in [0, 0.1) is 23.2 Å². The van der Waals surface area contributed by atoms with Gasteiger partial charge in [0, 0.05) is 13.8 Å². The van der Waals surface area contributed by atoms with E-state index in [2.05, 4.69) is 120 Å². The van der Waals surface area contributed by atoms with E-state index in [1.807, 2.05) is 38.1 Å². The van der Waals surface area contributed by atoms with Crippen molar-refractivity contribution in [1.82, 2.24) is 0 Å². The molecule has 4 aromatic rings. The van der Waals surface area contributed by atoms with Crippen molar-refractivity contribution in [2.24, 2.45) is 0 Å². The Morgan fingerprint density at radius 1 is 0.509 bits per heavy atom. The predicted molar refractivity (Wildman–Crippen MR) is 230 cm³/mol. The summed E-state index contributed by atoms with van der Waals surface area (Å²) in [5.41, 5.74) is 6.73. The number of carbonyl (C=O) groups is 2. The molecule has 0 spiro atoms. The van der Waals surface area contributed by atoms with Crippen LogP contribution in [0.2, 0.25) is 0 Å². The minimum Gasteiger partial charge on any atom is -0.876 e. The zero-order valence-corrected chi connectivity index (χ0v) is 37.4. The smallest absolute Gasteiger partial charge is 0.876 e. The van der Waals surface area contributed by atoms with Gasteiger partial charge in [0.2, 0.25) is 0 Å². The molecule has 0 heterocycles. The Morgan fingerprint density at radius 2 is 0.698 bits per heavy atom. The van der Waals surface area contributed by atoms with Crippen LogP contribution in [0.1, 0.15) is 41.5 Å². The number of allylic oxidation sites excluding steroid dienone is 4. The first-order valence-electron chi connectivity index (χ1n) is 15.7. The summed E-state index contributed by atoms with van der Waals surface area (Å²) in [6.07, 6.45) is 2.11.